The third-order valence-corrected chi connectivity index (χ3v) is 2.40. The third-order valence-electron chi connectivity index (χ3n) is 2.40. The van der Waals surface area contributed by atoms with Gasteiger partial charge >= 0.3 is 6.03 Å². The quantitative estimate of drug-likeness (QED) is 0.829. The first-order valence-electron chi connectivity index (χ1n) is 5.54. The third kappa shape index (κ3) is 3.07. The summed E-state index contributed by atoms with van der Waals surface area (Å²) in [6.07, 6.45) is 0. The molecule has 0 aliphatic carbocycles. The molecule has 0 radical (unpaired) electrons. The lowest BCUT2D eigenvalue weighted by Gasteiger charge is -2.08. The van der Waals surface area contributed by atoms with Crippen LogP contribution < -0.4 is 10.6 Å². The molecule has 0 saturated carbocycles. The maximum atomic E-state index is 13.3. The van der Waals surface area contributed by atoms with Crippen LogP contribution in [0.15, 0.2) is 48.5 Å². The molecular weight excluding hydrogens is 231 g/mol. The minimum Gasteiger partial charge on any atom is -0.308 e. The van der Waals surface area contributed by atoms with Gasteiger partial charge < -0.3 is 10.6 Å². The van der Waals surface area contributed by atoms with Gasteiger partial charge in [-0.1, -0.05) is 24.3 Å². The molecule has 0 fully saturated rings. The first kappa shape index (κ1) is 12.1. The topological polar surface area (TPSA) is 41.1 Å². The fourth-order valence-electron chi connectivity index (χ4n) is 1.57. The molecule has 0 aliphatic rings. The van der Waals surface area contributed by atoms with Crippen LogP contribution in [0.4, 0.5) is 20.6 Å². The summed E-state index contributed by atoms with van der Waals surface area (Å²) in [4.78, 5) is 11.7. The van der Waals surface area contributed by atoms with Gasteiger partial charge in [0, 0.05) is 5.69 Å². The molecule has 2 N–H and O–H groups in total. The molecule has 2 aromatic rings. The summed E-state index contributed by atoms with van der Waals surface area (Å²) in [6, 6.07) is 12.9. The first-order valence-corrected chi connectivity index (χ1v) is 5.54. The van der Waals surface area contributed by atoms with E-state index in [-0.39, 0.29) is 5.69 Å². The average molecular weight is 244 g/mol. The average Bonchev–Trinajstić information content (AvgIpc) is 2.32. The second-order valence-electron chi connectivity index (χ2n) is 3.93. The molecule has 2 aromatic carbocycles. The Bertz CT molecular complexity index is 569. The van der Waals surface area contributed by atoms with E-state index in [2.05, 4.69) is 10.6 Å². The van der Waals surface area contributed by atoms with Crippen molar-refractivity contribution < 1.29 is 9.18 Å². The molecule has 4 heteroatoms. The van der Waals surface area contributed by atoms with Gasteiger partial charge in [-0.15, -0.1) is 0 Å². The van der Waals surface area contributed by atoms with Gasteiger partial charge in [0.2, 0.25) is 0 Å². The van der Waals surface area contributed by atoms with E-state index in [9.17, 15) is 9.18 Å². The predicted molar refractivity (Wildman–Crippen MR) is 70.2 cm³/mol. The van der Waals surface area contributed by atoms with E-state index < -0.39 is 11.8 Å². The van der Waals surface area contributed by atoms with Crippen LogP contribution in [0.1, 0.15) is 5.56 Å². The number of benzene rings is 2. The van der Waals surface area contributed by atoms with Crippen LogP contribution in [0.2, 0.25) is 0 Å². The van der Waals surface area contributed by atoms with Crippen LogP contribution >= 0.6 is 0 Å². The Morgan fingerprint density at radius 2 is 1.83 bits per heavy atom. The van der Waals surface area contributed by atoms with E-state index in [4.69, 9.17) is 0 Å². The van der Waals surface area contributed by atoms with Crippen molar-refractivity contribution in [3.05, 3.63) is 59.9 Å². The van der Waals surface area contributed by atoms with Crippen molar-refractivity contribution in [2.75, 3.05) is 10.6 Å². The summed E-state index contributed by atoms with van der Waals surface area (Å²) in [6.45, 7) is 1.93. The zero-order valence-electron chi connectivity index (χ0n) is 9.91. The van der Waals surface area contributed by atoms with Gasteiger partial charge in [0.15, 0.2) is 0 Å². The second kappa shape index (κ2) is 5.31. The van der Waals surface area contributed by atoms with E-state index in [0.717, 1.165) is 5.56 Å². The lowest BCUT2D eigenvalue weighted by molar-refractivity contribution is 0.262. The van der Waals surface area contributed by atoms with E-state index in [0.29, 0.717) is 5.69 Å². The minimum atomic E-state index is -0.467. The predicted octanol–water partition coefficient (Wildman–Crippen LogP) is 3.78. The Kier molecular flexibility index (Phi) is 3.57. The first-order chi connectivity index (χ1) is 8.65. The molecule has 0 aromatic heterocycles. The Morgan fingerprint density at radius 1 is 1.06 bits per heavy atom. The molecule has 92 valence electrons. The highest BCUT2D eigenvalue weighted by Crippen LogP contribution is 2.14. The van der Waals surface area contributed by atoms with Crippen LogP contribution in [0.25, 0.3) is 0 Å². The minimum absolute atomic E-state index is 0.155. The smallest absolute Gasteiger partial charge is 0.308 e. The fraction of sp³-hybridized carbons (Fsp3) is 0.0714. The highest BCUT2D eigenvalue weighted by molar-refractivity contribution is 5.99. The van der Waals surface area contributed by atoms with Crippen molar-refractivity contribution in [2.24, 2.45) is 0 Å². The molecule has 3 nitrogen and oxygen atoms in total. The van der Waals surface area contributed by atoms with Crippen molar-refractivity contribution in [3.8, 4) is 0 Å². The molecule has 0 heterocycles. The Morgan fingerprint density at radius 3 is 2.56 bits per heavy atom. The summed E-state index contributed by atoms with van der Waals surface area (Å²) in [5, 5.41) is 5.09. The molecule has 2 amide bonds. The van der Waals surface area contributed by atoms with Crippen LogP contribution in [-0.4, -0.2) is 6.03 Å². The maximum Gasteiger partial charge on any atom is 0.323 e. The van der Waals surface area contributed by atoms with E-state index >= 15 is 0 Å². The van der Waals surface area contributed by atoms with Crippen LogP contribution in [0.3, 0.4) is 0 Å². The normalized spacial score (nSPS) is 9.89. The number of rotatable bonds is 2. The Labute approximate surface area is 105 Å². The van der Waals surface area contributed by atoms with Crippen LogP contribution in [-0.2, 0) is 0 Å². The molecule has 0 unspecified atom stereocenters. The van der Waals surface area contributed by atoms with Crippen molar-refractivity contribution in [1.82, 2.24) is 0 Å². The number of carbonyl (C=O) groups is 1. The summed E-state index contributed by atoms with van der Waals surface area (Å²) in [5.74, 6) is -0.461. The number of halogens is 1. The number of aryl methyl sites for hydroxylation is 1. The highest BCUT2D eigenvalue weighted by atomic mass is 19.1. The van der Waals surface area contributed by atoms with Gasteiger partial charge in [-0.05, 0) is 36.8 Å². The van der Waals surface area contributed by atoms with Gasteiger partial charge in [0.25, 0.3) is 0 Å². The van der Waals surface area contributed by atoms with Crippen molar-refractivity contribution in [3.63, 3.8) is 0 Å². The molecule has 18 heavy (non-hydrogen) atoms. The van der Waals surface area contributed by atoms with Gasteiger partial charge in [-0.2, -0.15) is 0 Å². The van der Waals surface area contributed by atoms with Crippen LogP contribution in [0.5, 0.6) is 0 Å². The summed E-state index contributed by atoms with van der Waals surface area (Å²) < 4.78 is 13.3. The number of nitrogens with one attached hydrogen (secondary N) is 2. The number of para-hydroxylation sites is 1. The van der Waals surface area contributed by atoms with Gasteiger partial charge in [-0.3, -0.25) is 0 Å². The van der Waals surface area contributed by atoms with Gasteiger partial charge in [0.05, 0.1) is 5.69 Å². The van der Waals surface area contributed by atoms with Crippen molar-refractivity contribution in [1.29, 1.82) is 0 Å². The van der Waals surface area contributed by atoms with Crippen LogP contribution in [0, 0.1) is 12.7 Å². The summed E-state index contributed by atoms with van der Waals surface area (Å²) in [7, 11) is 0. The lowest BCUT2D eigenvalue weighted by atomic mass is 10.2. The number of urea groups is 1. The Hall–Kier alpha value is -2.36. The monoisotopic (exact) mass is 244 g/mol. The Balaban J connectivity index is 2.03. The second-order valence-corrected chi connectivity index (χ2v) is 3.93. The van der Waals surface area contributed by atoms with E-state index in [1.165, 1.54) is 12.1 Å². The number of anilines is 2. The zero-order valence-corrected chi connectivity index (χ0v) is 9.91. The molecule has 0 atom stereocenters. The molecule has 0 saturated heterocycles. The lowest BCUT2D eigenvalue weighted by Crippen LogP contribution is -2.20. The fourth-order valence-corrected chi connectivity index (χ4v) is 1.57. The molecule has 2 rings (SSSR count). The highest BCUT2D eigenvalue weighted by Gasteiger charge is 2.05. The van der Waals surface area contributed by atoms with Crippen molar-refractivity contribution in [2.45, 2.75) is 6.92 Å². The zero-order chi connectivity index (χ0) is 13.0. The van der Waals surface area contributed by atoms with E-state index in [1.54, 1.807) is 18.2 Å². The molecule has 0 spiro atoms. The maximum absolute atomic E-state index is 13.3. The SMILES string of the molecule is Cc1cccc(NC(=O)Nc2ccccc2F)c1. The standard InChI is InChI=1S/C14H13FN2O/c1-10-5-4-6-11(9-10)16-14(18)17-13-8-3-2-7-12(13)15/h2-9H,1H3,(H2,16,17,18). The summed E-state index contributed by atoms with van der Waals surface area (Å²) in [5.41, 5.74) is 1.87. The van der Waals surface area contributed by atoms with Crippen molar-refractivity contribution >= 4 is 17.4 Å². The van der Waals surface area contributed by atoms with Gasteiger partial charge in [-0.25, -0.2) is 9.18 Å². The molecular formula is C14H13FN2O. The largest absolute Gasteiger partial charge is 0.323 e. The van der Waals surface area contributed by atoms with E-state index in [1.807, 2.05) is 25.1 Å². The number of hydrogen-bond donors (Lipinski definition) is 2. The molecule has 0 bridgehead atoms. The number of amides is 2. The molecule has 0 aliphatic heterocycles. The number of carbonyl (C=O) groups excluding carboxylic acids is 1. The van der Waals surface area contributed by atoms with Gasteiger partial charge in [0.1, 0.15) is 5.82 Å². The summed E-state index contributed by atoms with van der Waals surface area (Å²) >= 11 is 0. The number of hydrogen-bond acceptors (Lipinski definition) is 1.